The molecule has 0 fully saturated rings. The van der Waals surface area contributed by atoms with Gasteiger partial charge in [-0.15, -0.1) is 0 Å². The molecule has 0 amide bonds. The van der Waals surface area contributed by atoms with Gasteiger partial charge in [-0.1, -0.05) is 25.1 Å². The minimum Gasteiger partial charge on any atom is -0.491 e. The van der Waals surface area contributed by atoms with Gasteiger partial charge in [0.15, 0.2) is 0 Å². The second kappa shape index (κ2) is 5.54. The van der Waals surface area contributed by atoms with Crippen LogP contribution in [0.3, 0.4) is 0 Å². The van der Waals surface area contributed by atoms with E-state index in [-0.39, 0.29) is 6.04 Å². The molecule has 0 aromatic heterocycles. The molecule has 0 spiro atoms. The highest BCUT2D eigenvalue weighted by Crippen LogP contribution is 2.31. The number of nitrogens with zero attached hydrogens (tertiary/aromatic N) is 1. The maximum atomic E-state index is 5.57. The van der Waals surface area contributed by atoms with Gasteiger partial charge in [-0.3, -0.25) is 10.4 Å². The topological polar surface area (TPSA) is 71.7 Å². The van der Waals surface area contributed by atoms with Crippen LogP contribution in [0.15, 0.2) is 29.3 Å². The van der Waals surface area contributed by atoms with Crippen LogP contribution in [-0.4, -0.2) is 19.1 Å². The molecule has 0 saturated heterocycles. The van der Waals surface area contributed by atoms with Crippen molar-refractivity contribution < 1.29 is 4.74 Å². The van der Waals surface area contributed by atoms with Crippen molar-refractivity contribution in [2.24, 2.45) is 10.8 Å². The van der Waals surface area contributed by atoms with E-state index in [1.54, 1.807) is 0 Å². The highest BCUT2D eigenvalue weighted by atomic mass is 16.5. The van der Waals surface area contributed by atoms with Gasteiger partial charge in [-0.05, 0) is 12.5 Å². The van der Waals surface area contributed by atoms with Crippen LogP contribution in [0.5, 0.6) is 5.75 Å². The van der Waals surface area contributed by atoms with Crippen LogP contribution < -0.4 is 21.3 Å². The molecule has 1 unspecified atom stereocenters. The second-order valence-corrected chi connectivity index (χ2v) is 3.92. The predicted molar refractivity (Wildman–Crippen MR) is 67.7 cm³/mol. The first-order chi connectivity index (χ1) is 8.35. The Morgan fingerprint density at radius 2 is 2.35 bits per heavy atom. The van der Waals surface area contributed by atoms with Crippen LogP contribution in [0.2, 0.25) is 0 Å². The van der Waals surface area contributed by atoms with Crippen LogP contribution in [0.25, 0.3) is 0 Å². The molecule has 1 aliphatic rings. The lowest BCUT2D eigenvalue weighted by molar-refractivity contribution is 0.323. The Morgan fingerprint density at radius 1 is 1.53 bits per heavy atom. The lowest BCUT2D eigenvalue weighted by Gasteiger charge is -2.14. The Labute approximate surface area is 101 Å². The normalized spacial score (nSPS) is 18.5. The number of fused-ring (bicyclic) bond motifs is 1. The predicted octanol–water partition coefficient (Wildman–Crippen LogP) is 0.939. The molecular weight excluding hydrogens is 216 g/mol. The standard InChI is InChI=1S/C12H18N4O/c1-2-7-14-12(16-13)15-10-8-17-11-6-4-3-5-9(10)11/h3-6,10H,2,7-8,13H2,1H3,(H2,14,15,16). The van der Waals surface area contributed by atoms with Crippen molar-refractivity contribution in [3.63, 3.8) is 0 Å². The first-order valence-electron chi connectivity index (χ1n) is 5.84. The number of guanidine groups is 1. The number of benzene rings is 1. The zero-order chi connectivity index (χ0) is 12.1. The quantitative estimate of drug-likeness (QED) is 0.315. The smallest absolute Gasteiger partial charge is 0.206 e. The fraction of sp³-hybridized carbons (Fsp3) is 0.417. The molecule has 1 atom stereocenters. The molecule has 5 nitrogen and oxygen atoms in total. The van der Waals surface area contributed by atoms with Crippen LogP contribution >= 0.6 is 0 Å². The highest BCUT2D eigenvalue weighted by molar-refractivity contribution is 5.79. The van der Waals surface area contributed by atoms with Crippen LogP contribution in [-0.2, 0) is 0 Å². The minimum atomic E-state index is 0.109. The Hall–Kier alpha value is -1.75. The van der Waals surface area contributed by atoms with Gasteiger partial charge in [-0.25, -0.2) is 5.84 Å². The maximum Gasteiger partial charge on any atom is 0.206 e. The lowest BCUT2D eigenvalue weighted by Crippen LogP contribution is -2.43. The molecule has 17 heavy (non-hydrogen) atoms. The van der Waals surface area contributed by atoms with E-state index >= 15 is 0 Å². The number of nitrogens with two attached hydrogens (primary N) is 1. The second-order valence-electron chi connectivity index (χ2n) is 3.92. The summed E-state index contributed by atoms with van der Waals surface area (Å²) in [4.78, 5) is 4.31. The monoisotopic (exact) mass is 234 g/mol. The number of hydrogen-bond acceptors (Lipinski definition) is 3. The number of rotatable bonds is 3. The van der Waals surface area contributed by atoms with Gasteiger partial charge in [0.05, 0.1) is 6.04 Å². The van der Waals surface area contributed by atoms with Gasteiger partial charge < -0.3 is 10.1 Å². The van der Waals surface area contributed by atoms with Crippen molar-refractivity contribution in [2.45, 2.75) is 19.4 Å². The van der Waals surface area contributed by atoms with E-state index in [1.807, 2.05) is 24.3 Å². The highest BCUT2D eigenvalue weighted by Gasteiger charge is 2.23. The van der Waals surface area contributed by atoms with E-state index in [0.717, 1.165) is 24.3 Å². The molecule has 1 heterocycles. The minimum absolute atomic E-state index is 0.109. The molecule has 1 aromatic rings. The Balaban J connectivity index is 2.05. The molecule has 1 aromatic carbocycles. The maximum absolute atomic E-state index is 5.57. The van der Waals surface area contributed by atoms with Gasteiger partial charge >= 0.3 is 0 Å². The fourth-order valence-corrected chi connectivity index (χ4v) is 1.80. The molecule has 0 bridgehead atoms. The third-order valence-electron chi connectivity index (χ3n) is 2.64. The molecule has 1 aliphatic heterocycles. The molecule has 0 aliphatic carbocycles. The summed E-state index contributed by atoms with van der Waals surface area (Å²) < 4.78 is 5.57. The molecule has 0 radical (unpaired) electrons. The number of nitrogens with one attached hydrogen (secondary N) is 2. The van der Waals surface area contributed by atoms with E-state index in [1.165, 1.54) is 0 Å². The van der Waals surface area contributed by atoms with Gasteiger partial charge in [0.2, 0.25) is 5.96 Å². The summed E-state index contributed by atoms with van der Waals surface area (Å²) in [7, 11) is 0. The van der Waals surface area contributed by atoms with Crippen molar-refractivity contribution in [1.29, 1.82) is 0 Å². The molecule has 2 rings (SSSR count). The Bertz CT molecular complexity index is 405. The average molecular weight is 234 g/mol. The molecular formula is C12H18N4O. The fourth-order valence-electron chi connectivity index (χ4n) is 1.80. The van der Waals surface area contributed by atoms with Crippen LogP contribution in [0, 0.1) is 0 Å². The number of para-hydroxylation sites is 1. The number of hydrazine groups is 1. The summed E-state index contributed by atoms with van der Waals surface area (Å²) in [5.74, 6) is 6.96. The Kier molecular flexibility index (Phi) is 3.82. The van der Waals surface area contributed by atoms with Gasteiger partial charge in [-0.2, -0.15) is 0 Å². The van der Waals surface area contributed by atoms with Gasteiger partial charge in [0, 0.05) is 12.1 Å². The number of hydrogen-bond donors (Lipinski definition) is 3. The van der Waals surface area contributed by atoms with E-state index < -0.39 is 0 Å². The third-order valence-corrected chi connectivity index (χ3v) is 2.64. The summed E-state index contributed by atoms with van der Waals surface area (Å²) in [6.45, 7) is 3.43. The van der Waals surface area contributed by atoms with E-state index in [4.69, 9.17) is 10.6 Å². The SMILES string of the molecule is CCCN=C(NN)NC1COc2ccccc21. The van der Waals surface area contributed by atoms with Crippen molar-refractivity contribution >= 4 is 5.96 Å². The van der Waals surface area contributed by atoms with Crippen LogP contribution in [0.4, 0.5) is 0 Å². The Morgan fingerprint density at radius 3 is 3.12 bits per heavy atom. The zero-order valence-corrected chi connectivity index (χ0v) is 9.94. The van der Waals surface area contributed by atoms with E-state index in [2.05, 4.69) is 22.7 Å². The lowest BCUT2D eigenvalue weighted by atomic mass is 10.1. The third kappa shape index (κ3) is 2.68. The van der Waals surface area contributed by atoms with E-state index in [9.17, 15) is 0 Å². The summed E-state index contributed by atoms with van der Waals surface area (Å²) in [5, 5.41) is 3.25. The van der Waals surface area contributed by atoms with E-state index in [0.29, 0.717) is 12.6 Å². The summed E-state index contributed by atoms with van der Waals surface area (Å²) in [6.07, 6.45) is 0.991. The molecule has 0 saturated carbocycles. The van der Waals surface area contributed by atoms with Crippen molar-refractivity contribution in [2.75, 3.05) is 13.2 Å². The van der Waals surface area contributed by atoms with Crippen LogP contribution in [0.1, 0.15) is 24.9 Å². The largest absolute Gasteiger partial charge is 0.491 e. The number of aliphatic imine (C=N–C) groups is 1. The van der Waals surface area contributed by atoms with Gasteiger partial charge in [0.25, 0.3) is 0 Å². The first-order valence-corrected chi connectivity index (χ1v) is 5.84. The summed E-state index contributed by atoms with van der Waals surface area (Å²) >= 11 is 0. The van der Waals surface area contributed by atoms with Gasteiger partial charge in [0.1, 0.15) is 12.4 Å². The summed E-state index contributed by atoms with van der Waals surface area (Å²) in [5.41, 5.74) is 3.72. The van der Waals surface area contributed by atoms with Crippen molar-refractivity contribution in [3.8, 4) is 5.75 Å². The number of ether oxygens (including phenoxy) is 1. The molecule has 4 N–H and O–H groups in total. The average Bonchev–Trinajstić information content (AvgIpc) is 2.78. The molecule has 5 heteroatoms. The zero-order valence-electron chi connectivity index (χ0n) is 9.94. The molecule has 92 valence electrons. The summed E-state index contributed by atoms with van der Waals surface area (Å²) in [6, 6.07) is 8.09. The van der Waals surface area contributed by atoms with Crippen molar-refractivity contribution in [3.05, 3.63) is 29.8 Å². The van der Waals surface area contributed by atoms with Crippen molar-refractivity contribution in [1.82, 2.24) is 10.7 Å². The first kappa shape index (κ1) is 11.7.